The normalized spacial score (nSPS) is 38.2. The Morgan fingerprint density at radius 2 is 2.00 bits per heavy atom. The van der Waals surface area contributed by atoms with Crippen LogP contribution >= 0.6 is 0 Å². The van der Waals surface area contributed by atoms with Gasteiger partial charge < -0.3 is 15.0 Å². The van der Waals surface area contributed by atoms with E-state index < -0.39 is 0 Å². The van der Waals surface area contributed by atoms with E-state index in [2.05, 4.69) is 10.2 Å². The first-order valence-corrected chi connectivity index (χ1v) is 7.81. The first kappa shape index (κ1) is 12.9. The predicted octanol–water partition coefficient (Wildman–Crippen LogP) is 1.73. The molecule has 3 fully saturated rings. The molecule has 1 aliphatic carbocycles. The van der Waals surface area contributed by atoms with Crippen molar-refractivity contribution in [2.24, 2.45) is 17.8 Å². The van der Waals surface area contributed by atoms with E-state index in [1.54, 1.807) is 0 Å². The van der Waals surface area contributed by atoms with Crippen LogP contribution in [0.4, 0.5) is 0 Å². The molecule has 0 aromatic heterocycles. The minimum Gasteiger partial charge on any atom is -0.384 e. The third-order valence-electron chi connectivity index (χ3n) is 5.44. The van der Waals surface area contributed by atoms with E-state index in [1.807, 2.05) is 7.11 Å². The maximum Gasteiger partial charge on any atom is 0.0491 e. The van der Waals surface area contributed by atoms with Crippen LogP contribution < -0.4 is 5.32 Å². The monoisotopic (exact) mass is 252 g/mol. The summed E-state index contributed by atoms with van der Waals surface area (Å²) < 4.78 is 5.28. The molecule has 104 valence electrons. The highest BCUT2D eigenvalue weighted by molar-refractivity contribution is 4.95. The highest BCUT2D eigenvalue weighted by atomic mass is 16.5. The zero-order valence-electron chi connectivity index (χ0n) is 11.7. The number of likely N-dealkylation sites (tertiary alicyclic amines) is 1. The molecular weight excluding hydrogens is 224 g/mol. The zero-order chi connectivity index (χ0) is 12.4. The fraction of sp³-hybridized carbons (Fsp3) is 1.00. The molecule has 18 heavy (non-hydrogen) atoms. The summed E-state index contributed by atoms with van der Waals surface area (Å²) in [4.78, 5) is 2.69. The summed E-state index contributed by atoms with van der Waals surface area (Å²) in [7, 11) is 1.83. The Bertz CT molecular complexity index is 263. The Hall–Kier alpha value is -0.120. The smallest absolute Gasteiger partial charge is 0.0491 e. The molecule has 3 atom stereocenters. The molecule has 1 saturated carbocycles. The van der Waals surface area contributed by atoms with Gasteiger partial charge in [-0.3, -0.25) is 0 Å². The van der Waals surface area contributed by atoms with Crippen molar-refractivity contribution in [3.63, 3.8) is 0 Å². The van der Waals surface area contributed by atoms with E-state index >= 15 is 0 Å². The van der Waals surface area contributed by atoms with E-state index in [1.165, 1.54) is 58.3 Å². The summed E-state index contributed by atoms with van der Waals surface area (Å²) in [6.07, 6.45) is 7.08. The summed E-state index contributed by atoms with van der Waals surface area (Å²) in [6, 6.07) is 0.788. The SMILES string of the molecule is COCC1CCN(CC2NCC3CCCC32)CC1. The van der Waals surface area contributed by atoms with E-state index in [9.17, 15) is 0 Å². The quantitative estimate of drug-likeness (QED) is 0.825. The Morgan fingerprint density at radius 3 is 2.78 bits per heavy atom. The summed E-state index contributed by atoms with van der Waals surface area (Å²) in [6.45, 7) is 6.10. The van der Waals surface area contributed by atoms with Crippen molar-refractivity contribution < 1.29 is 4.74 Å². The van der Waals surface area contributed by atoms with Gasteiger partial charge in [0, 0.05) is 26.3 Å². The third kappa shape index (κ3) is 2.73. The van der Waals surface area contributed by atoms with Crippen molar-refractivity contribution in [2.45, 2.75) is 38.1 Å². The van der Waals surface area contributed by atoms with Crippen molar-refractivity contribution in [3.8, 4) is 0 Å². The number of nitrogens with zero attached hydrogens (tertiary/aromatic N) is 1. The second-order valence-corrected chi connectivity index (χ2v) is 6.57. The lowest BCUT2D eigenvalue weighted by molar-refractivity contribution is 0.0934. The molecule has 0 amide bonds. The van der Waals surface area contributed by atoms with Crippen molar-refractivity contribution in [2.75, 3.05) is 39.9 Å². The van der Waals surface area contributed by atoms with Crippen LogP contribution in [0.3, 0.4) is 0 Å². The van der Waals surface area contributed by atoms with Gasteiger partial charge in [-0.1, -0.05) is 6.42 Å². The molecule has 0 aromatic carbocycles. The van der Waals surface area contributed by atoms with Crippen molar-refractivity contribution in [3.05, 3.63) is 0 Å². The van der Waals surface area contributed by atoms with Gasteiger partial charge >= 0.3 is 0 Å². The fourth-order valence-electron chi connectivity index (χ4n) is 4.35. The summed E-state index contributed by atoms with van der Waals surface area (Å²) in [5.41, 5.74) is 0. The maximum absolute atomic E-state index is 5.28. The van der Waals surface area contributed by atoms with Crippen LogP contribution in [0.25, 0.3) is 0 Å². The predicted molar refractivity (Wildman–Crippen MR) is 73.7 cm³/mol. The Morgan fingerprint density at radius 1 is 1.17 bits per heavy atom. The van der Waals surface area contributed by atoms with Crippen molar-refractivity contribution >= 4 is 0 Å². The molecule has 0 radical (unpaired) electrons. The van der Waals surface area contributed by atoms with Gasteiger partial charge in [0.25, 0.3) is 0 Å². The van der Waals surface area contributed by atoms with Crippen LogP contribution in [-0.4, -0.2) is 50.8 Å². The number of nitrogens with one attached hydrogen (secondary N) is 1. The van der Waals surface area contributed by atoms with Crippen molar-refractivity contribution in [1.82, 2.24) is 10.2 Å². The van der Waals surface area contributed by atoms with Crippen LogP contribution in [-0.2, 0) is 4.74 Å². The van der Waals surface area contributed by atoms with Crippen LogP contribution in [0.2, 0.25) is 0 Å². The fourth-order valence-corrected chi connectivity index (χ4v) is 4.35. The lowest BCUT2D eigenvalue weighted by atomic mass is 9.92. The number of piperidine rings is 1. The molecule has 2 aliphatic heterocycles. The van der Waals surface area contributed by atoms with Gasteiger partial charge in [0.2, 0.25) is 0 Å². The first-order chi connectivity index (χ1) is 8.86. The molecule has 3 rings (SSSR count). The van der Waals surface area contributed by atoms with E-state index in [0.717, 1.165) is 30.4 Å². The molecule has 3 unspecified atom stereocenters. The number of rotatable bonds is 4. The molecule has 3 nitrogen and oxygen atoms in total. The summed E-state index contributed by atoms with van der Waals surface area (Å²) in [5.74, 6) is 2.80. The third-order valence-corrected chi connectivity index (χ3v) is 5.44. The number of fused-ring (bicyclic) bond motifs is 1. The molecule has 1 N–H and O–H groups in total. The average molecular weight is 252 g/mol. The van der Waals surface area contributed by atoms with Gasteiger partial charge in [0.05, 0.1) is 0 Å². The van der Waals surface area contributed by atoms with Gasteiger partial charge in [-0.15, -0.1) is 0 Å². The molecular formula is C15H28N2O. The summed E-state index contributed by atoms with van der Waals surface area (Å²) in [5, 5.41) is 3.78. The molecule has 0 spiro atoms. The molecule has 2 saturated heterocycles. The molecule has 3 aliphatic rings. The number of hydrogen-bond acceptors (Lipinski definition) is 3. The minimum atomic E-state index is 0.788. The Balaban J connectivity index is 1.44. The van der Waals surface area contributed by atoms with E-state index in [-0.39, 0.29) is 0 Å². The van der Waals surface area contributed by atoms with Crippen LogP contribution in [0.15, 0.2) is 0 Å². The van der Waals surface area contributed by atoms with Crippen molar-refractivity contribution in [1.29, 1.82) is 0 Å². The van der Waals surface area contributed by atoms with E-state index in [0.29, 0.717) is 0 Å². The van der Waals surface area contributed by atoms with E-state index in [4.69, 9.17) is 4.74 Å². The maximum atomic E-state index is 5.28. The highest BCUT2D eigenvalue weighted by Crippen LogP contribution is 2.38. The van der Waals surface area contributed by atoms with Gasteiger partial charge in [-0.2, -0.15) is 0 Å². The Kier molecular flexibility index (Phi) is 4.22. The lowest BCUT2D eigenvalue weighted by Gasteiger charge is -2.34. The molecule has 0 bridgehead atoms. The standard InChI is InChI=1S/C15H28N2O/c1-18-11-12-5-7-17(8-6-12)10-15-14-4-2-3-13(14)9-16-15/h12-16H,2-11H2,1H3. The average Bonchev–Trinajstić information content (AvgIpc) is 2.97. The van der Waals surface area contributed by atoms with Gasteiger partial charge in [-0.25, -0.2) is 0 Å². The zero-order valence-corrected chi connectivity index (χ0v) is 11.7. The second kappa shape index (κ2) is 5.89. The number of ether oxygens (including phenoxy) is 1. The lowest BCUT2D eigenvalue weighted by Crippen LogP contribution is -2.44. The Labute approximate surface area is 111 Å². The second-order valence-electron chi connectivity index (χ2n) is 6.57. The molecule has 3 heteroatoms. The topological polar surface area (TPSA) is 24.5 Å². The minimum absolute atomic E-state index is 0.788. The van der Waals surface area contributed by atoms with Crippen LogP contribution in [0.5, 0.6) is 0 Å². The molecule has 2 heterocycles. The largest absolute Gasteiger partial charge is 0.384 e. The summed E-state index contributed by atoms with van der Waals surface area (Å²) >= 11 is 0. The van der Waals surface area contributed by atoms with Gasteiger partial charge in [-0.05, 0) is 63.1 Å². The van der Waals surface area contributed by atoms with Gasteiger partial charge in [0.15, 0.2) is 0 Å². The van der Waals surface area contributed by atoms with Crippen LogP contribution in [0.1, 0.15) is 32.1 Å². The van der Waals surface area contributed by atoms with Gasteiger partial charge in [0.1, 0.15) is 0 Å². The molecule has 0 aromatic rings. The number of methoxy groups -OCH3 is 1. The number of hydrogen-bond donors (Lipinski definition) is 1. The van der Waals surface area contributed by atoms with Crippen LogP contribution in [0, 0.1) is 17.8 Å². The first-order valence-electron chi connectivity index (χ1n) is 7.81. The highest BCUT2D eigenvalue weighted by Gasteiger charge is 2.39.